The molecule has 0 aliphatic carbocycles. The molecule has 3 aromatic rings. The van der Waals surface area contributed by atoms with Crippen molar-refractivity contribution < 1.29 is 8.83 Å². The van der Waals surface area contributed by atoms with E-state index in [0.29, 0.717) is 11.6 Å². The summed E-state index contributed by atoms with van der Waals surface area (Å²) in [7, 11) is 0. The molecule has 1 aliphatic rings. The number of aryl methyl sites for hydroxylation is 1. The fourth-order valence-electron chi connectivity index (χ4n) is 3.58. The molecule has 2 aromatic heterocycles. The Morgan fingerprint density at radius 2 is 2.07 bits per heavy atom. The van der Waals surface area contributed by atoms with Gasteiger partial charge in [-0.2, -0.15) is 0 Å². The highest BCUT2D eigenvalue weighted by molar-refractivity contribution is 5.90. The molecule has 1 aromatic carbocycles. The lowest BCUT2D eigenvalue weighted by Crippen LogP contribution is -2.39. The van der Waals surface area contributed by atoms with Crippen LogP contribution in [0, 0.1) is 6.92 Å². The topological polar surface area (TPSA) is 58.6 Å². The zero-order valence-corrected chi connectivity index (χ0v) is 15.5. The first-order valence-electron chi connectivity index (χ1n) is 9.41. The molecule has 1 fully saturated rings. The van der Waals surface area contributed by atoms with Gasteiger partial charge in [-0.3, -0.25) is 4.90 Å². The van der Waals surface area contributed by atoms with E-state index >= 15 is 0 Å². The van der Waals surface area contributed by atoms with E-state index in [2.05, 4.69) is 22.4 Å². The van der Waals surface area contributed by atoms with Gasteiger partial charge in [0, 0.05) is 37.1 Å². The van der Waals surface area contributed by atoms with E-state index in [1.807, 2.05) is 37.3 Å². The molecule has 3 heterocycles. The van der Waals surface area contributed by atoms with Crippen LogP contribution in [0.15, 0.2) is 62.4 Å². The van der Waals surface area contributed by atoms with Gasteiger partial charge in [0.15, 0.2) is 0 Å². The van der Waals surface area contributed by atoms with Crippen LogP contribution >= 0.6 is 0 Å². The summed E-state index contributed by atoms with van der Waals surface area (Å²) < 4.78 is 10.6. The van der Waals surface area contributed by atoms with E-state index in [9.17, 15) is 4.79 Å². The molecule has 1 saturated heterocycles. The number of furan rings is 1. The molecule has 4 rings (SSSR count). The third-order valence-electron chi connectivity index (χ3n) is 5.03. The summed E-state index contributed by atoms with van der Waals surface area (Å²) in [5, 5.41) is 4.54. The Morgan fingerprint density at radius 3 is 2.85 bits per heavy atom. The standard InChI is InChI=1S/C22H24N2O3/c1-16-6-7-21-19(14-16)20(15-22(25)27-21)23-17-8-11-24(12-9-17)10-2-4-18-5-3-13-26-18/h2-7,13-15,17,23H,8-12H2,1H3. The third-order valence-corrected chi connectivity index (χ3v) is 5.03. The monoisotopic (exact) mass is 364 g/mol. The molecule has 0 spiro atoms. The minimum atomic E-state index is -0.311. The van der Waals surface area contributed by atoms with Crippen LogP contribution in [-0.4, -0.2) is 30.6 Å². The van der Waals surface area contributed by atoms with Gasteiger partial charge in [0.05, 0.1) is 12.0 Å². The predicted octanol–water partition coefficient (Wildman–Crippen LogP) is 4.28. The second-order valence-corrected chi connectivity index (χ2v) is 7.12. The lowest BCUT2D eigenvalue weighted by Gasteiger charge is -2.32. The largest absolute Gasteiger partial charge is 0.465 e. The molecule has 0 radical (unpaired) electrons. The Morgan fingerprint density at radius 1 is 1.22 bits per heavy atom. The highest BCUT2D eigenvalue weighted by Crippen LogP contribution is 2.25. The van der Waals surface area contributed by atoms with E-state index in [1.165, 1.54) is 0 Å². The van der Waals surface area contributed by atoms with Crippen LogP contribution in [0.3, 0.4) is 0 Å². The lowest BCUT2D eigenvalue weighted by molar-refractivity contribution is 0.240. The summed E-state index contributed by atoms with van der Waals surface area (Å²) in [6.45, 7) is 5.02. The Labute approximate surface area is 158 Å². The lowest BCUT2D eigenvalue weighted by atomic mass is 10.0. The Kier molecular flexibility index (Phi) is 5.12. The molecule has 1 aliphatic heterocycles. The summed E-state index contributed by atoms with van der Waals surface area (Å²) in [5.41, 5.74) is 2.35. The number of rotatable bonds is 5. The highest BCUT2D eigenvalue weighted by Gasteiger charge is 2.19. The minimum Gasteiger partial charge on any atom is -0.465 e. The average Bonchev–Trinajstić information content (AvgIpc) is 3.17. The number of anilines is 1. The smallest absolute Gasteiger partial charge is 0.338 e. The van der Waals surface area contributed by atoms with E-state index in [4.69, 9.17) is 8.83 Å². The molecule has 0 bridgehead atoms. The fraction of sp³-hybridized carbons (Fsp3) is 0.318. The van der Waals surface area contributed by atoms with Crippen LogP contribution in [0.4, 0.5) is 5.69 Å². The molecule has 5 heteroatoms. The Hall–Kier alpha value is -2.79. The molecule has 0 amide bonds. The van der Waals surface area contributed by atoms with Gasteiger partial charge < -0.3 is 14.2 Å². The van der Waals surface area contributed by atoms with Crippen LogP contribution in [0.1, 0.15) is 24.2 Å². The maximum absolute atomic E-state index is 11.9. The molecule has 140 valence electrons. The van der Waals surface area contributed by atoms with Gasteiger partial charge in [-0.1, -0.05) is 17.7 Å². The molecular weight excluding hydrogens is 340 g/mol. The maximum atomic E-state index is 11.9. The zero-order chi connectivity index (χ0) is 18.6. The zero-order valence-electron chi connectivity index (χ0n) is 15.5. The number of hydrogen-bond donors (Lipinski definition) is 1. The van der Waals surface area contributed by atoms with Crippen molar-refractivity contribution in [2.45, 2.75) is 25.8 Å². The summed E-state index contributed by atoms with van der Waals surface area (Å²) >= 11 is 0. The van der Waals surface area contributed by atoms with Gasteiger partial charge in [-0.05, 0) is 50.1 Å². The summed E-state index contributed by atoms with van der Waals surface area (Å²) in [6.07, 6.45) is 7.93. The van der Waals surface area contributed by atoms with Crippen molar-refractivity contribution >= 4 is 22.7 Å². The van der Waals surface area contributed by atoms with Gasteiger partial charge in [0.1, 0.15) is 11.3 Å². The minimum absolute atomic E-state index is 0.311. The highest BCUT2D eigenvalue weighted by atomic mass is 16.4. The van der Waals surface area contributed by atoms with Gasteiger partial charge in [-0.25, -0.2) is 4.79 Å². The fourth-order valence-corrected chi connectivity index (χ4v) is 3.58. The van der Waals surface area contributed by atoms with Crippen molar-refractivity contribution in [2.24, 2.45) is 0 Å². The predicted molar refractivity (Wildman–Crippen MR) is 108 cm³/mol. The first-order valence-corrected chi connectivity index (χ1v) is 9.41. The van der Waals surface area contributed by atoms with Crippen LogP contribution in [0.5, 0.6) is 0 Å². The van der Waals surface area contributed by atoms with Gasteiger partial charge in [-0.15, -0.1) is 0 Å². The van der Waals surface area contributed by atoms with E-state index in [-0.39, 0.29) is 5.63 Å². The van der Waals surface area contributed by atoms with Crippen molar-refractivity contribution in [3.05, 3.63) is 70.5 Å². The number of nitrogens with one attached hydrogen (secondary N) is 1. The second kappa shape index (κ2) is 7.84. The van der Waals surface area contributed by atoms with Crippen LogP contribution in [0.2, 0.25) is 0 Å². The van der Waals surface area contributed by atoms with E-state index in [0.717, 1.165) is 54.9 Å². The van der Waals surface area contributed by atoms with Gasteiger partial charge in [0.25, 0.3) is 0 Å². The second-order valence-electron chi connectivity index (χ2n) is 7.12. The number of nitrogens with zero attached hydrogens (tertiary/aromatic N) is 1. The number of likely N-dealkylation sites (tertiary alicyclic amines) is 1. The molecule has 0 saturated carbocycles. The average molecular weight is 364 g/mol. The quantitative estimate of drug-likeness (QED) is 0.685. The Balaban J connectivity index is 1.37. The number of fused-ring (bicyclic) bond motifs is 1. The molecular formula is C22H24N2O3. The van der Waals surface area contributed by atoms with E-state index in [1.54, 1.807) is 12.3 Å². The maximum Gasteiger partial charge on any atom is 0.338 e. The van der Waals surface area contributed by atoms with Gasteiger partial charge >= 0.3 is 5.63 Å². The van der Waals surface area contributed by atoms with Crippen LogP contribution in [-0.2, 0) is 0 Å². The number of benzene rings is 1. The normalized spacial score (nSPS) is 16.3. The van der Waals surface area contributed by atoms with Crippen molar-refractivity contribution in [1.29, 1.82) is 0 Å². The van der Waals surface area contributed by atoms with Crippen molar-refractivity contribution in [3.8, 4) is 0 Å². The molecule has 1 N–H and O–H groups in total. The summed E-state index contributed by atoms with van der Waals surface area (Å²) in [5.74, 6) is 0.886. The van der Waals surface area contributed by atoms with Crippen molar-refractivity contribution in [3.63, 3.8) is 0 Å². The summed E-state index contributed by atoms with van der Waals surface area (Å²) in [4.78, 5) is 14.3. The van der Waals surface area contributed by atoms with Crippen molar-refractivity contribution in [2.75, 3.05) is 25.0 Å². The summed E-state index contributed by atoms with van der Waals surface area (Å²) in [6, 6.07) is 11.7. The molecule has 27 heavy (non-hydrogen) atoms. The number of piperidine rings is 1. The van der Waals surface area contributed by atoms with Crippen LogP contribution < -0.4 is 10.9 Å². The van der Waals surface area contributed by atoms with E-state index < -0.39 is 0 Å². The number of hydrogen-bond acceptors (Lipinski definition) is 5. The SMILES string of the molecule is Cc1ccc2oc(=O)cc(NC3CCN(CC=Cc4ccco4)CC3)c2c1. The Bertz CT molecular complexity index is 980. The van der Waals surface area contributed by atoms with Crippen molar-refractivity contribution in [1.82, 2.24) is 4.90 Å². The molecule has 5 nitrogen and oxygen atoms in total. The van der Waals surface area contributed by atoms with Crippen LogP contribution in [0.25, 0.3) is 17.0 Å². The van der Waals surface area contributed by atoms with Gasteiger partial charge in [0.2, 0.25) is 0 Å². The first kappa shape index (κ1) is 17.6. The molecule has 0 atom stereocenters. The molecule has 0 unspecified atom stereocenters. The first-order chi connectivity index (χ1) is 13.2. The third kappa shape index (κ3) is 4.31.